The monoisotopic (exact) mass is 184 g/mol. The fourth-order valence-electron chi connectivity index (χ4n) is 2.53. The summed E-state index contributed by atoms with van der Waals surface area (Å²) in [4.78, 5) is 2.46. The van der Waals surface area contributed by atoms with E-state index in [0.717, 1.165) is 32.6 Å². The minimum absolute atomic E-state index is 0.0631. The van der Waals surface area contributed by atoms with Gasteiger partial charge in [-0.05, 0) is 12.8 Å². The molecule has 2 atom stereocenters. The van der Waals surface area contributed by atoms with Gasteiger partial charge in [0, 0.05) is 32.2 Å². The predicted molar refractivity (Wildman–Crippen MR) is 52.7 cm³/mol. The summed E-state index contributed by atoms with van der Waals surface area (Å²) in [5.41, 5.74) is 0. The lowest BCUT2D eigenvalue weighted by Crippen LogP contribution is -2.53. The number of aliphatic hydroxyl groups is 1. The Bertz CT molecular complexity index is 157. The van der Waals surface area contributed by atoms with Gasteiger partial charge in [-0.15, -0.1) is 0 Å². The molecule has 3 heteroatoms. The van der Waals surface area contributed by atoms with Gasteiger partial charge in [0.25, 0.3) is 0 Å². The zero-order valence-electron chi connectivity index (χ0n) is 8.21. The van der Waals surface area contributed by atoms with Crippen LogP contribution >= 0.6 is 0 Å². The van der Waals surface area contributed by atoms with Gasteiger partial charge in [0.15, 0.2) is 0 Å². The van der Waals surface area contributed by atoms with Gasteiger partial charge in [-0.3, -0.25) is 4.90 Å². The van der Waals surface area contributed by atoms with Gasteiger partial charge in [0.1, 0.15) is 0 Å². The molecule has 2 rings (SSSR count). The molecular weight excluding hydrogens is 164 g/mol. The van der Waals surface area contributed by atoms with E-state index in [1.165, 1.54) is 19.3 Å². The van der Waals surface area contributed by atoms with E-state index in [2.05, 4.69) is 10.2 Å². The molecule has 76 valence electrons. The molecule has 2 N–H and O–H groups in total. The second kappa shape index (κ2) is 4.40. The summed E-state index contributed by atoms with van der Waals surface area (Å²) in [6.07, 6.45) is 4.65. The lowest BCUT2D eigenvalue weighted by Gasteiger charge is -2.39. The first-order valence-corrected chi connectivity index (χ1v) is 5.51. The molecule has 13 heavy (non-hydrogen) atoms. The Hall–Kier alpha value is -0.120. The number of hydrogen-bond donors (Lipinski definition) is 2. The SMILES string of the molecule is O[C@H]1CCCC[C@H]1N1CCNCC1. The molecule has 3 nitrogen and oxygen atoms in total. The van der Waals surface area contributed by atoms with Crippen LogP contribution in [0, 0.1) is 0 Å². The highest BCUT2D eigenvalue weighted by atomic mass is 16.3. The molecule has 2 fully saturated rings. The lowest BCUT2D eigenvalue weighted by molar-refractivity contribution is 0.0145. The molecule has 0 aromatic rings. The zero-order chi connectivity index (χ0) is 9.10. The van der Waals surface area contributed by atoms with Crippen molar-refractivity contribution in [1.29, 1.82) is 0 Å². The Kier molecular flexibility index (Phi) is 3.19. The molecule has 2 aliphatic rings. The lowest BCUT2D eigenvalue weighted by atomic mass is 9.91. The molecule has 0 aromatic carbocycles. The van der Waals surface area contributed by atoms with E-state index in [4.69, 9.17) is 0 Å². The van der Waals surface area contributed by atoms with Crippen LogP contribution in [-0.4, -0.2) is 48.3 Å². The molecule has 1 aliphatic heterocycles. The van der Waals surface area contributed by atoms with Gasteiger partial charge in [-0.25, -0.2) is 0 Å². The Balaban J connectivity index is 1.88. The van der Waals surface area contributed by atoms with Crippen molar-refractivity contribution in [3.05, 3.63) is 0 Å². The van der Waals surface area contributed by atoms with Crippen LogP contribution in [0.5, 0.6) is 0 Å². The van der Waals surface area contributed by atoms with Crippen molar-refractivity contribution in [2.75, 3.05) is 26.2 Å². The smallest absolute Gasteiger partial charge is 0.0695 e. The number of rotatable bonds is 1. The number of piperazine rings is 1. The normalized spacial score (nSPS) is 37.6. The third-order valence-electron chi connectivity index (χ3n) is 3.31. The average Bonchev–Trinajstić information content (AvgIpc) is 2.20. The third kappa shape index (κ3) is 2.22. The van der Waals surface area contributed by atoms with Crippen LogP contribution in [0.1, 0.15) is 25.7 Å². The summed E-state index contributed by atoms with van der Waals surface area (Å²) >= 11 is 0. The summed E-state index contributed by atoms with van der Waals surface area (Å²) in [6, 6.07) is 0.454. The third-order valence-corrected chi connectivity index (χ3v) is 3.31. The Morgan fingerprint density at radius 1 is 1.08 bits per heavy atom. The predicted octanol–water partition coefficient (Wildman–Crippen LogP) is 0.195. The highest BCUT2D eigenvalue weighted by Gasteiger charge is 2.28. The van der Waals surface area contributed by atoms with Crippen molar-refractivity contribution in [3.8, 4) is 0 Å². The molecule has 0 aromatic heterocycles. The fraction of sp³-hybridized carbons (Fsp3) is 1.00. The summed E-state index contributed by atoms with van der Waals surface area (Å²) in [5, 5.41) is 13.2. The van der Waals surface area contributed by atoms with Crippen LogP contribution < -0.4 is 5.32 Å². The Labute approximate surface area is 80.1 Å². The Morgan fingerprint density at radius 3 is 2.46 bits per heavy atom. The zero-order valence-corrected chi connectivity index (χ0v) is 8.21. The highest BCUT2D eigenvalue weighted by molar-refractivity contribution is 4.85. The molecule has 0 unspecified atom stereocenters. The van der Waals surface area contributed by atoms with Gasteiger partial charge in [-0.2, -0.15) is 0 Å². The molecule has 1 aliphatic carbocycles. The first-order valence-electron chi connectivity index (χ1n) is 5.51. The highest BCUT2D eigenvalue weighted by Crippen LogP contribution is 2.23. The molecule has 1 saturated carbocycles. The second-order valence-corrected chi connectivity index (χ2v) is 4.21. The standard InChI is InChI=1S/C10H20N2O/c13-10-4-2-1-3-9(10)12-7-5-11-6-8-12/h9-11,13H,1-8H2/t9-,10+/m1/s1. The summed E-state index contributed by atoms with van der Waals surface area (Å²) in [5.74, 6) is 0. The molecule has 0 radical (unpaired) electrons. The minimum atomic E-state index is -0.0631. The van der Waals surface area contributed by atoms with Crippen LogP contribution in [0.2, 0.25) is 0 Å². The van der Waals surface area contributed by atoms with E-state index in [1.54, 1.807) is 0 Å². The van der Waals surface area contributed by atoms with Crippen LogP contribution in [0.25, 0.3) is 0 Å². The molecule has 1 saturated heterocycles. The van der Waals surface area contributed by atoms with Crippen LogP contribution in [0.15, 0.2) is 0 Å². The van der Waals surface area contributed by atoms with E-state index in [1.807, 2.05) is 0 Å². The first-order chi connectivity index (χ1) is 6.38. The molecule has 0 bridgehead atoms. The van der Waals surface area contributed by atoms with Crippen LogP contribution in [0.4, 0.5) is 0 Å². The number of aliphatic hydroxyl groups excluding tert-OH is 1. The molecule has 1 heterocycles. The summed E-state index contributed by atoms with van der Waals surface area (Å²) in [6.45, 7) is 4.40. The quantitative estimate of drug-likeness (QED) is 0.611. The van der Waals surface area contributed by atoms with E-state index in [0.29, 0.717) is 6.04 Å². The van der Waals surface area contributed by atoms with Crippen molar-refractivity contribution in [3.63, 3.8) is 0 Å². The average molecular weight is 184 g/mol. The molecule has 0 spiro atoms. The summed E-state index contributed by atoms with van der Waals surface area (Å²) in [7, 11) is 0. The van der Waals surface area contributed by atoms with Crippen molar-refractivity contribution in [2.45, 2.75) is 37.8 Å². The van der Waals surface area contributed by atoms with Gasteiger partial charge < -0.3 is 10.4 Å². The molecular formula is C10H20N2O. The second-order valence-electron chi connectivity index (χ2n) is 4.21. The minimum Gasteiger partial charge on any atom is -0.391 e. The number of hydrogen-bond acceptors (Lipinski definition) is 3. The van der Waals surface area contributed by atoms with Gasteiger partial charge in [-0.1, -0.05) is 12.8 Å². The maximum Gasteiger partial charge on any atom is 0.0695 e. The Morgan fingerprint density at radius 2 is 1.77 bits per heavy atom. The first kappa shape index (κ1) is 9.44. The van der Waals surface area contributed by atoms with Gasteiger partial charge >= 0.3 is 0 Å². The van der Waals surface area contributed by atoms with Crippen molar-refractivity contribution >= 4 is 0 Å². The van der Waals surface area contributed by atoms with Crippen molar-refractivity contribution < 1.29 is 5.11 Å². The maximum absolute atomic E-state index is 9.86. The largest absolute Gasteiger partial charge is 0.391 e. The summed E-state index contributed by atoms with van der Waals surface area (Å²) < 4.78 is 0. The number of nitrogens with one attached hydrogen (secondary N) is 1. The van der Waals surface area contributed by atoms with Gasteiger partial charge in [0.05, 0.1) is 6.10 Å². The van der Waals surface area contributed by atoms with Crippen molar-refractivity contribution in [1.82, 2.24) is 10.2 Å². The van der Waals surface area contributed by atoms with E-state index in [-0.39, 0.29) is 6.10 Å². The van der Waals surface area contributed by atoms with E-state index < -0.39 is 0 Å². The van der Waals surface area contributed by atoms with Crippen LogP contribution in [-0.2, 0) is 0 Å². The van der Waals surface area contributed by atoms with E-state index in [9.17, 15) is 5.11 Å². The van der Waals surface area contributed by atoms with Crippen molar-refractivity contribution in [2.24, 2.45) is 0 Å². The van der Waals surface area contributed by atoms with E-state index >= 15 is 0 Å². The van der Waals surface area contributed by atoms with Gasteiger partial charge in [0.2, 0.25) is 0 Å². The topological polar surface area (TPSA) is 35.5 Å². The fourth-order valence-corrected chi connectivity index (χ4v) is 2.53. The van der Waals surface area contributed by atoms with Crippen LogP contribution in [0.3, 0.4) is 0 Å². The molecule has 0 amide bonds. The maximum atomic E-state index is 9.86. The number of nitrogens with zero attached hydrogens (tertiary/aromatic N) is 1.